The van der Waals surface area contributed by atoms with Gasteiger partial charge in [0, 0.05) is 42.5 Å². The molecule has 0 bridgehead atoms. The number of ether oxygens (including phenoxy) is 1. The van der Waals surface area contributed by atoms with Crippen LogP contribution in [-0.4, -0.2) is 64.9 Å². The van der Waals surface area contributed by atoms with Crippen molar-refractivity contribution in [3.63, 3.8) is 0 Å². The average molecular weight is 391 g/mol. The molecule has 4 heterocycles. The number of aryl methyl sites for hydroxylation is 2. The molecule has 8 heteroatoms. The van der Waals surface area contributed by atoms with E-state index in [0.717, 1.165) is 54.2 Å². The zero-order chi connectivity index (χ0) is 19.1. The van der Waals surface area contributed by atoms with Gasteiger partial charge >= 0.3 is 0 Å². The number of carbonyl (C=O) groups excluding carboxylic acids is 1. The smallest absolute Gasteiger partial charge is 0.255 e. The van der Waals surface area contributed by atoms with Gasteiger partial charge in [0.1, 0.15) is 5.76 Å². The highest BCUT2D eigenvalue weighted by Gasteiger charge is 2.34. The molecule has 1 N–H and O–H groups in total. The molecule has 1 fully saturated rings. The van der Waals surface area contributed by atoms with E-state index in [0.29, 0.717) is 13.2 Å². The Kier molecular flexibility index (Phi) is 5.07. The second-order valence-electron chi connectivity index (χ2n) is 7.40. The highest BCUT2D eigenvalue weighted by atomic mass is 32.1. The van der Waals surface area contributed by atoms with Crippen molar-refractivity contribution in [2.75, 3.05) is 26.8 Å². The van der Waals surface area contributed by atoms with Crippen LogP contribution in [0.2, 0.25) is 0 Å². The lowest BCUT2D eigenvalue weighted by molar-refractivity contribution is 0.0580. The fraction of sp³-hybridized carbons (Fsp3) is 0.579. The van der Waals surface area contributed by atoms with Crippen molar-refractivity contribution in [3.8, 4) is 0 Å². The van der Waals surface area contributed by atoms with Gasteiger partial charge in [0.25, 0.3) is 5.91 Å². The first-order valence-electron chi connectivity index (χ1n) is 9.22. The number of rotatable bonds is 4. The van der Waals surface area contributed by atoms with Crippen LogP contribution in [-0.2, 0) is 24.2 Å². The van der Waals surface area contributed by atoms with Gasteiger partial charge in [-0.05, 0) is 25.8 Å². The molecule has 2 aliphatic heterocycles. The van der Waals surface area contributed by atoms with E-state index >= 15 is 0 Å². The molecule has 0 aliphatic carbocycles. The number of likely N-dealkylation sites (N-methyl/N-ethyl adjacent to an activating group) is 1. The number of aromatic nitrogens is 1. The van der Waals surface area contributed by atoms with E-state index in [1.807, 2.05) is 19.2 Å². The van der Waals surface area contributed by atoms with Crippen molar-refractivity contribution < 1.29 is 19.2 Å². The zero-order valence-corrected chi connectivity index (χ0v) is 16.7. The molecular weight excluding hydrogens is 366 g/mol. The summed E-state index contributed by atoms with van der Waals surface area (Å²) >= 11 is 1.64. The number of nitrogens with zero attached hydrogens (tertiary/aromatic N) is 3. The van der Waals surface area contributed by atoms with E-state index in [1.165, 1.54) is 4.88 Å². The molecule has 2 aromatic rings. The Balaban J connectivity index is 1.47. The highest BCUT2D eigenvalue weighted by molar-refractivity contribution is 7.10. The Labute approximate surface area is 162 Å². The van der Waals surface area contributed by atoms with E-state index in [2.05, 4.69) is 10.1 Å². The van der Waals surface area contributed by atoms with Crippen LogP contribution >= 0.6 is 11.3 Å². The number of hydrogen-bond acceptors (Lipinski definition) is 7. The van der Waals surface area contributed by atoms with Gasteiger partial charge in [0.2, 0.25) is 0 Å². The number of thiophene rings is 1. The average Bonchev–Trinajstić information content (AvgIpc) is 3.35. The first-order valence-corrected chi connectivity index (χ1v) is 10.1. The van der Waals surface area contributed by atoms with Crippen molar-refractivity contribution >= 4 is 17.2 Å². The predicted molar refractivity (Wildman–Crippen MR) is 101 cm³/mol. The molecule has 0 unspecified atom stereocenters. The largest absolute Gasteiger partial charge is 0.388 e. The molecule has 2 aromatic heterocycles. The number of amides is 1. The minimum absolute atomic E-state index is 0.0266. The Hall–Kier alpha value is -1.74. The van der Waals surface area contributed by atoms with E-state index in [9.17, 15) is 9.90 Å². The molecule has 0 spiro atoms. The molecule has 27 heavy (non-hydrogen) atoms. The molecular formula is C19H25N3O4S. The number of fused-ring (bicyclic) bond motifs is 1. The molecule has 146 valence electrons. The summed E-state index contributed by atoms with van der Waals surface area (Å²) in [6.45, 7) is 7.14. The Bertz CT molecular complexity index is 827. The summed E-state index contributed by atoms with van der Waals surface area (Å²) < 4.78 is 10.6. The van der Waals surface area contributed by atoms with Crippen LogP contribution in [0, 0.1) is 13.8 Å². The van der Waals surface area contributed by atoms with Gasteiger partial charge in [-0.2, -0.15) is 0 Å². The zero-order valence-electron chi connectivity index (χ0n) is 15.9. The van der Waals surface area contributed by atoms with Gasteiger partial charge in [0.15, 0.2) is 0 Å². The van der Waals surface area contributed by atoms with Gasteiger partial charge < -0.3 is 19.3 Å². The van der Waals surface area contributed by atoms with Gasteiger partial charge in [0.05, 0.1) is 36.6 Å². The summed E-state index contributed by atoms with van der Waals surface area (Å²) in [6, 6.07) is -0.271. The monoisotopic (exact) mass is 391 g/mol. The summed E-state index contributed by atoms with van der Waals surface area (Å²) in [5.41, 5.74) is 4.02. The molecule has 1 amide bonds. The fourth-order valence-electron chi connectivity index (χ4n) is 3.89. The minimum Gasteiger partial charge on any atom is -0.388 e. The van der Waals surface area contributed by atoms with E-state index in [-0.39, 0.29) is 11.9 Å². The van der Waals surface area contributed by atoms with E-state index in [1.54, 1.807) is 23.3 Å². The van der Waals surface area contributed by atoms with Crippen LogP contribution in [0.5, 0.6) is 0 Å². The van der Waals surface area contributed by atoms with Crippen LogP contribution in [0.25, 0.3) is 0 Å². The molecule has 2 atom stereocenters. The minimum atomic E-state index is -0.612. The van der Waals surface area contributed by atoms with E-state index < -0.39 is 6.10 Å². The van der Waals surface area contributed by atoms with Gasteiger partial charge in [-0.25, -0.2) is 0 Å². The molecule has 7 nitrogen and oxygen atoms in total. The normalized spacial score (nSPS) is 22.8. The number of aliphatic hydroxyl groups is 1. The molecule has 1 saturated heterocycles. The lowest BCUT2D eigenvalue weighted by atomic mass is 10.0. The first kappa shape index (κ1) is 18.6. The maximum Gasteiger partial charge on any atom is 0.255 e. The summed E-state index contributed by atoms with van der Waals surface area (Å²) in [7, 11) is 1.75. The fourth-order valence-corrected chi connectivity index (χ4v) is 5.00. The summed E-state index contributed by atoms with van der Waals surface area (Å²) in [6.07, 6.45) is 0.236. The molecule has 2 aliphatic rings. The number of hydrogen-bond donors (Lipinski definition) is 1. The standard InChI is InChI=1S/C19H25N3O4S/c1-11-14(12(2)26-20-11)6-22-5-4-13-15(10-27-18(13)7-22)19(24)21(3)16-8-25-9-17(16)23/h10,16-17,23H,4-9H2,1-3H3/t16-,17-/m0/s1. The summed E-state index contributed by atoms with van der Waals surface area (Å²) in [4.78, 5) is 18.2. The topological polar surface area (TPSA) is 79.0 Å². The summed E-state index contributed by atoms with van der Waals surface area (Å²) in [5.74, 6) is 0.848. The Morgan fingerprint density at radius 3 is 2.93 bits per heavy atom. The third-order valence-electron chi connectivity index (χ3n) is 5.66. The Morgan fingerprint density at radius 1 is 1.44 bits per heavy atom. The molecule has 4 rings (SSSR count). The SMILES string of the molecule is Cc1noc(C)c1CN1CCc2c(C(=O)N(C)[C@H]3COC[C@@H]3O)csc2C1. The van der Waals surface area contributed by atoms with Crippen LogP contribution in [0.3, 0.4) is 0 Å². The van der Waals surface area contributed by atoms with Crippen molar-refractivity contribution in [1.29, 1.82) is 0 Å². The van der Waals surface area contributed by atoms with Crippen molar-refractivity contribution in [1.82, 2.24) is 15.0 Å². The number of aliphatic hydroxyl groups excluding tert-OH is 1. The van der Waals surface area contributed by atoms with Crippen LogP contribution in [0.15, 0.2) is 9.90 Å². The quantitative estimate of drug-likeness (QED) is 0.855. The Morgan fingerprint density at radius 2 is 2.26 bits per heavy atom. The van der Waals surface area contributed by atoms with E-state index in [4.69, 9.17) is 9.26 Å². The third-order valence-corrected chi connectivity index (χ3v) is 6.67. The van der Waals surface area contributed by atoms with Crippen LogP contribution in [0.1, 0.15) is 37.8 Å². The van der Waals surface area contributed by atoms with Crippen molar-refractivity contribution in [2.45, 2.75) is 45.5 Å². The van der Waals surface area contributed by atoms with Crippen molar-refractivity contribution in [2.24, 2.45) is 0 Å². The lowest BCUT2D eigenvalue weighted by Crippen LogP contribution is -2.44. The van der Waals surface area contributed by atoms with Gasteiger partial charge in [-0.1, -0.05) is 5.16 Å². The predicted octanol–water partition coefficient (Wildman–Crippen LogP) is 1.74. The maximum absolute atomic E-state index is 13.0. The van der Waals surface area contributed by atoms with Crippen LogP contribution in [0.4, 0.5) is 0 Å². The second kappa shape index (κ2) is 7.35. The third kappa shape index (κ3) is 3.42. The van der Waals surface area contributed by atoms with Gasteiger partial charge in [-0.15, -0.1) is 11.3 Å². The molecule has 0 aromatic carbocycles. The molecule has 0 radical (unpaired) electrons. The summed E-state index contributed by atoms with van der Waals surface area (Å²) in [5, 5.41) is 16.0. The highest BCUT2D eigenvalue weighted by Crippen LogP contribution is 2.31. The number of carbonyl (C=O) groups is 1. The molecule has 0 saturated carbocycles. The maximum atomic E-state index is 13.0. The lowest BCUT2D eigenvalue weighted by Gasteiger charge is -2.29. The van der Waals surface area contributed by atoms with Crippen molar-refractivity contribution in [3.05, 3.63) is 38.4 Å². The van der Waals surface area contributed by atoms with Crippen LogP contribution < -0.4 is 0 Å². The first-order chi connectivity index (χ1) is 13.0. The van der Waals surface area contributed by atoms with Gasteiger partial charge in [-0.3, -0.25) is 9.69 Å². The second-order valence-corrected chi connectivity index (χ2v) is 8.37.